The SMILES string of the molecule is CC(C)C[C@H](CN)CC(=O)NCC(=O)N(C)C. The van der Waals surface area contributed by atoms with Crippen molar-refractivity contribution in [3.63, 3.8) is 0 Å². The first kappa shape index (κ1) is 15.9. The lowest BCUT2D eigenvalue weighted by Crippen LogP contribution is -2.37. The van der Waals surface area contributed by atoms with Crippen LogP contribution in [0, 0.1) is 11.8 Å². The van der Waals surface area contributed by atoms with E-state index in [1.165, 1.54) is 4.90 Å². The van der Waals surface area contributed by atoms with E-state index in [1.54, 1.807) is 14.1 Å². The Morgan fingerprint density at radius 3 is 2.29 bits per heavy atom. The molecule has 17 heavy (non-hydrogen) atoms. The summed E-state index contributed by atoms with van der Waals surface area (Å²) in [6.45, 7) is 4.78. The van der Waals surface area contributed by atoms with Crippen molar-refractivity contribution < 1.29 is 9.59 Å². The minimum atomic E-state index is -0.105. The predicted molar refractivity (Wildman–Crippen MR) is 68.3 cm³/mol. The minimum absolute atomic E-state index is 0.0603. The lowest BCUT2D eigenvalue weighted by molar-refractivity contribution is -0.131. The number of nitrogens with two attached hydrogens (primary N) is 1. The molecule has 0 aliphatic carbocycles. The van der Waals surface area contributed by atoms with Crippen LogP contribution in [-0.2, 0) is 9.59 Å². The fourth-order valence-electron chi connectivity index (χ4n) is 1.60. The summed E-state index contributed by atoms with van der Waals surface area (Å²) in [5.74, 6) is 0.520. The summed E-state index contributed by atoms with van der Waals surface area (Å²) >= 11 is 0. The number of hydrogen-bond acceptors (Lipinski definition) is 3. The van der Waals surface area contributed by atoms with Gasteiger partial charge in [0.05, 0.1) is 6.54 Å². The fraction of sp³-hybridized carbons (Fsp3) is 0.833. The van der Waals surface area contributed by atoms with Gasteiger partial charge in [0, 0.05) is 20.5 Å². The van der Waals surface area contributed by atoms with Crippen LogP contribution in [0.25, 0.3) is 0 Å². The monoisotopic (exact) mass is 243 g/mol. The normalized spacial score (nSPS) is 12.4. The molecule has 5 nitrogen and oxygen atoms in total. The molecule has 0 unspecified atom stereocenters. The van der Waals surface area contributed by atoms with E-state index in [0.29, 0.717) is 18.9 Å². The van der Waals surface area contributed by atoms with E-state index in [9.17, 15) is 9.59 Å². The van der Waals surface area contributed by atoms with Gasteiger partial charge in [-0.3, -0.25) is 9.59 Å². The molecule has 0 aliphatic heterocycles. The molecule has 0 heterocycles. The lowest BCUT2D eigenvalue weighted by atomic mass is 9.94. The highest BCUT2D eigenvalue weighted by molar-refractivity contribution is 5.84. The number of carbonyl (C=O) groups is 2. The fourth-order valence-corrected chi connectivity index (χ4v) is 1.60. The number of amides is 2. The smallest absolute Gasteiger partial charge is 0.241 e. The Bertz CT molecular complexity index is 252. The van der Waals surface area contributed by atoms with Gasteiger partial charge >= 0.3 is 0 Å². The van der Waals surface area contributed by atoms with Gasteiger partial charge in [-0.15, -0.1) is 0 Å². The number of nitrogens with one attached hydrogen (secondary N) is 1. The van der Waals surface area contributed by atoms with Crippen molar-refractivity contribution >= 4 is 11.8 Å². The van der Waals surface area contributed by atoms with Crippen LogP contribution in [0.5, 0.6) is 0 Å². The zero-order valence-corrected chi connectivity index (χ0v) is 11.3. The second-order valence-electron chi connectivity index (χ2n) is 5.00. The van der Waals surface area contributed by atoms with Crippen molar-refractivity contribution in [2.45, 2.75) is 26.7 Å². The summed E-state index contributed by atoms with van der Waals surface area (Å²) in [6.07, 6.45) is 1.33. The van der Waals surface area contributed by atoms with E-state index in [0.717, 1.165) is 6.42 Å². The molecule has 0 spiro atoms. The standard InChI is InChI=1S/C12H25N3O2/c1-9(2)5-10(7-13)6-11(16)14-8-12(17)15(3)4/h9-10H,5-8,13H2,1-4H3,(H,14,16)/t10-/m0/s1. The maximum Gasteiger partial charge on any atom is 0.241 e. The third-order valence-corrected chi connectivity index (χ3v) is 2.55. The Balaban J connectivity index is 3.95. The molecule has 0 bridgehead atoms. The van der Waals surface area contributed by atoms with E-state index < -0.39 is 0 Å². The second-order valence-corrected chi connectivity index (χ2v) is 5.00. The van der Waals surface area contributed by atoms with Gasteiger partial charge in [0.25, 0.3) is 0 Å². The van der Waals surface area contributed by atoms with E-state index in [2.05, 4.69) is 19.2 Å². The average Bonchev–Trinajstić information content (AvgIpc) is 2.23. The van der Waals surface area contributed by atoms with Gasteiger partial charge < -0.3 is 16.0 Å². The molecule has 2 amide bonds. The number of rotatable bonds is 7. The van der Waals surface area contributed by atoms with Gasteiger partial charge in [-0.1, -0.05) is 13.8 Å². The average molecular weight is 243 g/mol. The molecule has 1 atom stereocenters. The van der Waals surface area contributed by atoms with Gasteiger partial charge in [0.1, 0.15) is 0 Å². The zero-order valence-electron chi connectivity index (χ0n) is 11.3. The highest BCUT2D eigenvalue weighted by Gasteiger charge is 2.14. The number of likely N-dealkylation sites (N-methyl/N-ethyl adjacent to an activating group) is 1. The molecule has 0 rings (SSSR count). The largest absolute Gasteiger partial charge is 0.347 e. The first-order valence-electron chi connectivity index (χ1n) is 6.03. The summed E-state index contributed by atoms with van der Waals surface area (Å²) in [6, 6.07) is 0. The van der Waals surface area contributed by atoms with E-state index in [1.807, 2.05) is 0 Å². The molecular weight excluding hydrogens is 218 g/mol. The third kappa shape index (κ3) is 7.74. The Hall–Kier alpha value is -1.10. The van der Waals surface area contributed by atoms with Crippen molar-refractivity contribution in [1.82, 2.24) is 10.2 Å². The highest BCUT2D eigenvalue weighted by Crippen LogP contribution is 2.13. The molecule has 0 aromatic rings. The van der Waals surface area contributed by atoms with Crippen molar-refractivity contribution in [3.8, 4) is 0 Å². The van der Waals surface area contributed by atoms with Gasteiger partial charge in [-0.2, -0.15) is 0 Å². The van der Waals surface area contributed by atoms with Gasteiger partial charge in [0.2, 0.25) is 11.8 Å². The molecule has 0 fully saturated rings. The molecular formula is C12H25N3O2. The van der Waals surface area contributed by atoms with Crippen LogP contribution in [0.15, 0.2) is 0 Å². The van der Waals surface area contributed by atoms with Gasteiger partial charge in [-0.25, -0.2) is 0 Å². The first-order valence-corrected chi connectivity index (χ1v) is 6.03. The van der Waals surface area contributed by atoms with Crippen molar-refractivity contribution in [2.24, 2.45) is 17.6 Å². The Labute approximate surface area is 104 Å². The molecule has 0 saturated carbocycles. The summed E-state index contributed by atoms with van der Waals surface area (Å²) in [5.41, 5.74) is 5.62. The van der Waals surface area contributed by atoms with Crippen LogP contribution in [0.1, 0.15) is 26.7 Å². The highest BCUT2D eigenvalue weighted by atomic mass is 16.2. The van der Waals surface area contributed by atoms with E-state index in [-0.39, 0.29) is 24.3 Å². The number of carbonyl (C=O) groups excluding carboxylic acids is 2. The molecule has 0 aromatic heterocycles. The zero-order chi connectivity index (χ0) is 13.4. The lowest BCUT2D eigenvalue weighted by Gasteiger charge is -2.17. The maximum absolute atomic E-state index is 11.6. The molecule has 5 heteroatoms. The van der Waals surface area contributed by atoms with Crippen LogP contribution in [0.3, 0.4) is 0 Å². The molecule has 100 valence electrons. The number of hydrogen-bond donors (Lipinski definition) is 2. The summed E-state index contributed by atoms with van der Waals surface area (Å²) in [7, 11) is 3.33. The first-order chi connectivity index (χ1) is 7.86. The van der Waals surface area contributed by atoms with Crippen LogP contribution in [0.2, 0.25) is 0 Å². The van der Waals surface area contributed by atoms with Crippen LogP contribution >= 0.6 is 0 Å². The summed E-state index contributed by atoms with van der Waals surface area (Å²) < 4.78 is 0. The Morgan fingerprint density at radius 2 is 1.88 bits per heavy atom. The Morgan fingerprint density at radius 1 is 1.29 bits per heavy atom. The Kier molecular flexibility index (Phi) is 7.54. The van der Waals surface area contributed by atoms with Crippen LogP contribution < -0.4 is 11.1 Å². The predicted octanol–water partition coefficient (Wildman–Crippen LogP) is 0.202. The van der Waals surface area contributed by atoms with Crippen molar-refractivity contribution in [2.75, 3.05) is 27.2 Å². The van der Waals surface area contributed by atoms with Crippen LogP contribution in [0.4, 0.5) is 0 Å². The summed E-state index contributed by atoms with van der Waals surface area (Å²) in [5, 5.41) is 2.62. The topological polar surface area (TPSA) is 75.4 Å². The third-order valence-electron chi connectivity index (χ3n) is 2.55. The molecule has 0 aliphatic rings. The minimum Gasteiger partial charge on any atom is -0.347 e. The molecule has 0 radical (unpaired) electrons. The van der Waals surface area contributed by atoms with Gasteiger partial charge in [-0.05, 0) is 24.8 Å². The van der Waals surface area contributed by atoms with E-state index >= 15 is 0 Å². The van der Waals surface area contributed by atoms with Gasteiger partial charge in [0.15, 0.2) is 0 Å². The molecule has 0 saturated heterocycles. The van der Waals surface area contributed by atoms with E-state index in [4.69, 9.17) is 5.73 Å². The number of nitrogens with zero attached hydrogens (tertiary/aromatic N) is 1. The van der Waals surface area contributed by atoms with Crippen molar-refractivity contribution in [3.05, 3.63) is 0 Å². The summed E-state index contributed by atoms with van der Waals surface area (Å²) in [4.78, 5) is 24.3. The molecule has 0 aromatic carbocycles. The maximum atomic E-state index is 11.6. The van der Waals surface area contributed by atoms with Crippen molar-refractivity contribution in [1.29, 1.82) is 0 Å². The quantitative estimate of drug-likeness (QED) is 0.671. The molecule has 3 N–H and O–H groups in total. The second kappa shape index (κ2) is 8.06. The van der Waals surface area contributed by atoms with Crippen LogP contribution in [-0.4, -0.2) is 43.9 Å².